The lowest BCUT2D eigenvalue weighted by atomic mass is 10.1. The largest absolute Gasteiger partial charge is 0.493 e. The fraction of sp³-hybridized carbons (Fsp3) is 0.238. The van der Waals surface area contributed by atoms with Crippen LogP contribution in [0.3, 0.4) is 0 Å². The second-order valence-corrected chi connectivity index (χ2v) is 6.20. The number of benzene rings is 2. The number of amides is 2. The number of nitrogens with zero attached hydrogens (tertiary/aromatic N) is 1. The number of rotatable bonds is 9. The molecule has 0 aliphatic heterocycles. The second kappa shape index (κ2) is 11.3. The van der Waals surface area contributed by atoms with Crippen LogP contribution in [0, 0.1) is 11.7 Å². The molecule has 0 spiro atoms. The average molecular weight is 431 g/mol. The van der Waals surface area contributed by atoms with Crippen molar-refractivity contribution in [1.82, 2.24) is 5.43 Å². The Hall–Kier alpha value is -3.95. The van der Waals surface area contributed by atoms with E-state index >= 15 is 0 Å². The van der Waals surface area contributed by atoms with E-state index in [9.17, 15) is 18.8 Å². The van der Waals surface area contributed by atoms with Gasteiger partial charge in [-0.05, 0) is 42.8 Å². The maximum absolute atomic E-state index is 13.6. The van der Waals surface area contributed by atoms with E-state index in [-0.39, 0.29) is 12.3 Å². The van der Waals surface area contributed by atoms with Gasteiger partial charge in [0.05, 0.1) is 26.1 Å². The first-order valence-corrected chi connectivity index (χ1v) is 9.11. The number of anilines is 1. The minimum absolute atomic E-state index is 0.0164. The Morgan fingerprint density at radius 2 is 1.84 bits per heavy atom. The Balaban J connectivity index is 1.94. The van der Waals surface area contributed by atoms with Gasteiger partial charge >= 0.3 is 5.97 Å². The molecule has 2 N–H and O–H groups in total. The molecular weight excluding hydrogens is 409 g/mol. The topological polar surface area (TPSA) is 115 Å². The summed E-state index contributed by atoms with van der Waals surface area (Å²) in [6, 6.07) is 10.4. The van der Waals surface area contributed by atoms with Crippen molar-refractivity contribution < 1.29 is 33.0 Å². The van der Waals surface area contributed by atoms with Gasteiger partial charge in [-0.25, -0.2) is 14.6 Å². The molecule has 1 unspecified atom stereocenters. The number of hydrogen-bond acceptors (Lipinski definition) is 7. The first-order chi connectivity index (χ1) is 14.8. The van der Waals surface area contributed by atoms with E-state index in [4.69, 9.17) is 9.47 Å². The molecule has 0 aliphatic carbocycles. The van der Waals surface area contributed by atoms with Gasteiger partial charge in [-0.3, -0.25) is 9.59 Å². The van der Waals surface area contributed by atoms with Crippen molar-refractivity contribution in [2.45, 2.75) is 6.92 Å². The molecule has 164 valence electrons. The van der Waals surface area contributed by atoms with Gasteiger partial charge in [-0.2, -0.15) is 5.10 Å². The summed E-state index contributed by atoms with van der Waals surface area (Å²) in [6.45, 7) is 1.10. The SMILES string of the molecule is COC(=O)COc1ccc(C=NNC(=O)C(C)C(=O)Nc2ccccc2F)cc1OC. The van der Waals surface area contributed by atoms with Crippen LogP contribution in [0.4, 0.5) is 10.1 Å². The third kappa shape index (κ3) is 6.81. The van der Waals surface area contributed by atoms with Crippen molar-refractivity contribution >= 4 is 29.7 Å². The first-order valence-electron chi connectivity index (χ1n) is 9.11. The number of carbonyl (C=O) groups is 3. The van der Waals surface area contributed by atoms with Gasteiger partial charge < -0.3 is 19.5 Å². The van der Waals surface area contributed by atoms with E-state index in [1.54, 1.807) is 24.3 Å². The lowest BCUT2D eigenvalue weighted by Crippen LogP contribution is -2.34. The minimum Gasteiger partial charge on any atom is -0.493 e. The number of nitrogens with one attached hydrogen (secondary N) is 2. The predicted molar refractivity (Wildman–Crippen MR) is 110 cm³/mol. The zero-order chi connectivity index (χ0) is 22.8. The Kier molecular flexibility index (Phi) is 8.50. The van der Waals surface area contributed by atoms with E-state index in [0.717, 1.165) is 0 Å². The normalized spacial score (nSPS) is 11.5. The van der Waals surface area contributed by atoms with Gasteiger partial charge in [0, 0.05) is 0 Å². The summed E-state index contributed by atoms with van der Waals surface area (Å²) >= 11 is 0. The molecule has 0 aromatic heterocycles. The van der Waals surface area contributed by atoms with Crippen LogP contribution in [0.2, 0.25) is 0 Å². The number of hydrazone groups is 1. The minimum atomic E-state index is -1.11. The van der Waals surface area contributed by atoms with Gasteiger partial charge in [0.2, 0.25) is 5.91 Å². The van der Waals surface area contributed by atoms with Crippen molar-refractivity contribution in [2.24, 2.45) is 11.0 Å². The van der Waals surface area contributed by atoms with E-state index in [2.05, 4.69) is 20.6 Å². The standard InChI is InChI=1S/C21H22FN3O6/c1-13(20(27)24-16-7-5-4-6-15(16)22)21(28)25-23-11-14-8-9-17(18(10-14)29-2)31-12-19(26)30-3/h4-11,13H,12H2,1-3H3,(H,24,27)(H,25,28). The molecule has 0 saturated carbocycles. The molecule has 0 aliphatic rings. The lowest BCUT2D eigenvalue weighted by Gasteiger charge is -2.11. The van der Waals surface area contributed by atoms with Crippen LogP contribution in [0.25, 0.3) is 0 Å². The van der Waals surface area contributed by atoms with Crippen molar-refractivity contribution in [1.29, 1.82) is 0 Å². The van der Waals surface area contributed by atoms with Crippen LogP contribution in [0.1, 0.15) is 12.5 Å². The number of para-hydroxylation sites is 1. The Morgan fingerprint density at radius 1 is 1.10 bits per heavy atom. The van der Waals surface area contributed by atoms with Crippen molar-refractivity contribution in [3.63, 3.8) is 0 Å². The van der Waals surface area contributed by atoms with Crippen molar-refractivity contribution in [2.75, 3.05) is 26.1 Å². The molecule has 2 rings (SSSR count). The molecule has 9 nitrogen and oxygen atoms in total. The zero-order valence-electron chi connectivity index (χ0n) is 17.2. The number of ether oxygens (including phenoxy) is 3. The summed E-state index contributed by atoms with van der Waals surface area (Å²) in [5.74, 6) is -2.93. The third-order valence-electron chi connectivity index (χ3n) is 4.07. The van der Waals surface area contributed by atoms with Crippen LogP contribution in [0.15, 0.2) is 47.6 Å². The molecule has 2 amide bonds. The first kappa shape index (κ1) is 23.3. The lowest BCUT2D eigenvalue weighted by molar-refractivity contribution is -0.143. The van der Waals surface area contributed by atoms with Crippen molar-refractivity contribution in [3.8, 4) is 11.5 Å². The van der Waals surface area contributed by atoms with E-state index in [0.29, 0.717) is 17.1 Å². The summed E-state index contributed by atoms with van der Waals surface area (Å²) < 4.78 is 28.6. The molecule has 0 heterocycles. The molecule has 0 fully saturated rings. The van der Waals surface area contributed by atoms with Gasteiger partial charge in [-0.1, -0.05) is 12.1 Å². The predicted octanol–water partition coefficient (Wildman–Crippen LogP) is 2.11. The van der Waals surface area contributed by atoms with Gasteiger partial charge in [0.1, 0.15) is 11.7 Å². The summed E-state index contributed by atoms with van der Waals surface area (Å²) in [5.41, 5.74) is 2.80. The van der Waals surface area contributed by atoms with E-state index < -0.39 is 29.5 Å². The Labute approximate surface area is 178 Å². The van der Waals surface area contributed by atoms with Crippen LogP contribution in [-0.2, 0) is 19.1 Å². The highest BCUT2D eigenvalue weighted by molar-refractivity contribution is 6.06. The fourth-order valence-corrected chi connectivity index (χ4v) is 2.27. The molecular formula is C21H22FN3O6. The Morgan fingerprint density at radius 3 is 2.52 bits per heavy atom. The van der Waals surface area contributed by atoms with Crippen LogP contribution >= 0.6 is 0 Å². The number of hydrogen-bond donors (Lipinski definition) is 2. The second-order valence-electron chi connectivity index (χ2n) is 6.20. The zero-order valence-corrected chi connectivity index (χ0v) is 17.2. The molecule has 10 heteroatoms. The highest BCUT2D eigenvalue weighted by Crippen LogP contribution is 2.27. The molecule has 0 radical (unpaired) electrons. The van der Waals surface area contributed by atoms with Gasteiger partial charge in [0.15, 0.2) is 18.1 Å². The molecule has 2 aromatic carbocycles. The fourth-order valence-electron chi connectivity index (χ4n) is 2.27. The van der Waals surface area contributed by atoms with Gasteiger partial charge in [0.25, 0.3) is 5.91 Å². The van der Waals surface area contributed by atoms with Crippen LogP contribution in [0.5, 0.6) is 11.5 Å². The highest BCUT2D eigenvalue weighted by atomic mass is 19.1. The number of methoxy groups -OCH3 is 2. The van der Waals surface area contributed by atoms with E-state index in [1.165, 1.54) is 45.6 Å². The number of carbonyl (C=O) groups excluding carboxylic acids is 3. The Bertz CT molecular complexity index is 979. The smallest absolute Gasteiger partial charge is 0.343 e. The number of halogens is 1. The summed E-state index contributed by atoms with van der Waals surface area (Å²) in [4.78, 5) is 35.5. The monoisotopic (exact) mass is 431 g/mol. The quantitative estimate of drug-likeness (QED) is 0.272. The third-order valence-corrected chi connectivity index (χ3v) is 4.07. The average Bonchev–Trinajstić information content (AvgIpc) is 2.78. The summed E-state index contributed by atoms with van der Waals surface area (Å²) in [6.07, 6.45) is 1.34. The summed E-state index contributed by atoms with van der Waals surface area (Å²) in [5, 5.41) is 6.17. The van der Waals surface area contributed by atoms with Crippen molar-refractivity contribution in [3.05, 3.63) is 53.8 Å². The maximum Gasteiger partial charge on any atom is 0.343 e. The van der Waals surface area contributed by atoms with Crippen LogP contribution < -0.4 is 20.2 Å². The molecule has 1 atom stereocenters. The molecule has 2 aromatic rings. The summed E-state index contributed by atoms with van der Waals surface area (Å²) in [7, 11) is 2.68. The molecule has 0 bridgehead atoms. The van der Waals surface area contributed by atoms with E-state index in [1.807, 2.05) is 0 Å². The number of esters is 1. The molecule has 31 heavy (non-hydrogen) atoms. The maximum atomic E-state index is 13.6. The molecule has 0 saturated heterocycles. The van der Waals surface area contributed by atoms with Gasteiger partial charge in [-0.15, -0.1) is 0 Å². The highest BCUT2D eigenvalue weighted by Gasteiger charge is 2.22. The van der Waals surface area contributed by atoms with Crippen LogP contribution in [-0.4, -0.2) is 44.8 Å².